The number of hydrogen-bond acceptors (Lipinski definition) is 4. The summed E-state index contributed by atoms with van der Waals surface area (Å²) >= 11 is 11.5. The van der Waals surface area contributed by atoms with E-state index in [4.69, 9.17) is 27.9 Å². The summed E-state index contributed by atoms with van der Waals surface area (Å²) < 4.78 is 6.62. The average Bonchev–Trinajstić information content (AvgIpc) is 2.87. The number of nitrogens with one attached hydrogen (secondary N) is 1. The van der Waals surface area contributed by atoms with E-state index >= 15 is 0 Å². The van der Waals surface area contributed by atoms with Gasteiger partial charge in [-0.15, -0.1) is 0 Å². The second-order valence-electron chi connectivity index (χ2n) is 3.94. The average molecular weight is 315 g/mol. The molecule has 1 N–H and O–H groups in total. The summed E-state index contributed by atoms with van der Waals surface area (Å²) in [7, 11) is 1.61. The summed E-state index contributed by atoms with van der Waals surface area (Å²) in [5, 5.41) is 7.18. The highest BCUT2D eigenvalue weighted by atomic mass is 35.5. The predicted molar refractivity (Wildman–Crippen MR) is 76.3 cm³/mol. The zero-order valence-corrected chi connectivity index (χ0v) is 12.1. The van der Waals surface area contributed by atoms with Gasteiger partial charge in [-0.05, 0) is 6.07 Å². The molecule has 0 atom stereocenters. The van der Waals surface area contributed by atoms with Crippen molar-refractivity contribution in [2.24, 2.45) is 0 Å². The third kappa shape index (κ3) is 3.69. The maximum atomic E-state index is 12.0. The van der Waals surface area contributed by atoms with Crippen LogP contribution in [-0.4, -0.2) is 34.4 Å². The van der Waals surface area contributed by atoms with Crippen LogP contribution in [0.3, 0.4) is 0 Å². The molecule has 1 amide bonds. The molecule has 6 nitrogen and oxygen atoms in total. The Balaban J connectivity index is 2.03. The van der Waals surface area contributed by atoms with Crippen molar-refractivity contribution >= 4 is 34.8 Å². The highest BCUT2D eigenvalue weighted by Gasteiger charge is 2.10. The number of anilines is 1. The normalized spacial score (nSPS) is 10.6. The van der Waals surface area contributed by atoms with E-state index in [1.165, 1.54) is 12.3 Å². The first-order chi connectivity index (χ1) is 9.60. The number of nitrogens with zero attached hydrogens (tertiary/aromatic N) is 3. The fourth-order valence-electron chi connectivity index (χ4n) is 1.48. The van der Waals surface area contributed by atoms with Crippen LogP contribution in [0.4, 0.5) is 5.69 Å². The minimum atomic E-state index is -0.331. The van der Waals surface area contributed by atoms with Gasteiger partial charge in [-0.3, -0.25) is 9.48 Å². The van der Waals surface area contributed by atoms with Gasteiger partial charge in [-0.1, -0.05) is 23.2 Å². The van der Waals surface area contributed by atoms with Gasteiger partial charge in [0.15, 0.2) is 0 Å². The lowest BCUT2D eigenvalue weighted by Crippen LogP contribution is -2.12. The van der Waals surface area contributed by atoms with Crippen molar-refractivity contribution in [2.45, 2.75) is 6.54 Å². The molecule has 2 rings (SSSR count). The number of amides is 1. The number of hydrogen-bond donors (Lipinski definition) is 1. The van der Waals surface area contributed by atoms with Crippen molar-refractivity contribution in [2.75, 3.05) is 19.0 Å². The molecule has 0 aromatic carbocycles. The highest BCUT2D eigenvalue weighted by Crippen LogP contribution is 2.20. The van der Waals surface area contributed by atoms with E-state index in [2.05, 4.69) is 15.4 Å². The number of aromatic nitrogens is 3. The van der Waals surface area contributed by atoms with Crippen LogP contribution < -0.4 is 5.32 Å². The number of methoxy groups -OCH3 is 1. The summed E-state index contributed by atoms with van der Waals surface area (Å²) in [4.78, 5) is 15.8. The lowest BCUT2D eigenvalue weighted by Gasteiger charge is -2.03. The van der Waals surface area contributed by atoms with Crippen molar-refractivity contribution in [3.63, 3.8) is 0 Å². The SMILES string of the molecule is COCCn1cc(NC(=O)c2cnc(Cl)c(Cl)c2)cn1. The number of rotatable bonds is 5. The third-order valence-corrected chi connectivity index (χ3v) is 3.16. The van der Waals surface area contributed by atoms with Gasteiger partial charge in [0.25, 0.3) is 5.91 Å². The van der Waals surface area contributed by atoms with Crippen molar-refractivity contribution in [3.05, 3.63) is 40.4 Å². The van der Waals surface area contributed by atoms with E-state index in [1.54, 1.807) is 24.2 Å². The Hall–Kier alpha value is -1.63. The van der Waals surface area contributed by atoms with Crippen molar-refractivity contribution in [3.8, 4) is 0 Å². The summed E-state index contributed by atoms with van der Waals surface area (Å²) in [6.45, 7) is 1.16. The molecule has 0 aliphatic rings. The second kappa shape index (κ2) is 6.69. The van der Waals surface area contributed by atoms with E-state index in [0.717, 1.165) is 0 Å². The topological polar surface area (TPSA) is 69.0 Å². The molecular formula is C12H12Cl2N4O2. The van der Waals surface area contributed by atoms with E-state index in [-0.39, 0.29) is 16.1 Å². The predicted octanol–water partition coefficient (Wildman–Crippen LogP) is 2.48. The molecule has 8 heteroatoms. The Bertz CT molecular complexity index is 615. The molecule has 0 bridgehead atoms. The summed E-state index contributed by atoms with van der Waals surface area (Å²) in [6, 6.07) is 1.46. The third-order valence-electron chi connectivity index (χ3n) is 2.47. The standard InChI is InChI=1S/C12H12Cl2N4O2/c1-20-3-2-18-7-9(6-16-18)17-12(19)8-4-10(13)11(14)15-5-8/h4-7H,2-3H2,1H3,(H,17,19). The van der Waals surface area contributed by atoms with Crippen LogP contribution in [-0.2, 0) is 11.3 Å². The fourth-order valence-corrected chi connectivity index (χ4v) is 1.75. The smallest absolute Gasteiger partial charge is 0.257 e. The zero-order valence-electron chi connectivity index (χ0n) is 10.6. The number of ether oxygens (including phenoxy) is 1. The molecule has 0 spiro atoms. The van der Waals surface area contributed by atoms with Gasteiger partial charge in [-0.2, -0.15) is 5.10 Å². The Morgan fingerprint density at radius 1 is 1.45 bits per heavy atom. The van der Waals surface area contributed by atoms with E-state index in [0.29, 0.717) is 24.4 Å². The van der Waals surface area contributed by atoms with Gasteiger partial charge in [-0.25, -0.2) is 4.98 Å². The number of carbonyl (C=O) groups is 1. The van der Waals surface area contributed by atoms with Crippen molar-refractivity contribution < 1.29 is 9.53 Å². The Morgan fingerprint density at radius 2 is 2.25 bits per heavy atom. The molecule has 0 aliphatic heterocycles. The second-order valence-corrected chi connectivity index (χ2v) is 4.70. The molecule has 106 valence electrons. The van der Waals surface area contributed by atoms with Crippen LogP contribution in [0.1, 0.15) is 10.4 Å². The Kier molecular flexibility index (Phi) is 4.94. The molecule has 2 heterocycles. The number of halogens is 2. The van der Waals surface area contributed by atoms with Crippen LogP contribution in [0.2, 0.25) is 10.2 Å². The quantitative estimate of drug-likeness (QED) is 0.861. The summed E-state index contributed by atoms with van der Waals surface area (Å²) in [5.41, 5.74) is 0.904. The molecule has 0 fully saturated rings. The van der Waals surface area contributed by atoms with Crippen LogP contribution in [0, 0.1) is 0 Å². The van der Waals surface area contributed by atoms with Gasteiger partial charge in [0.05, 0.1) is 35.6 Å². The molecule has 0 saturated carbocycles. The maximum Gasteiger partial charge on any atom is 0.257 e. The Morgan fingerprint density at radius 3 is 2.95 bits per heavy atom. The highest BCUT2D eigenvalue weighted by molar-refractivity contribution is 6.41. The monoisotopic (exact) mass is 314 g/mol. The van der Waals surface area contributed by atoms with Crippen LogP contribution in [0.25, 0.3) is 0 Å². The largest absolute Gasteiger partial charge is 0.383 e. The van der Waals surface area contributed by atoms with Gasteiger partial charge >= 0.3 is 0 Å². The molecule has 20 heavy (non-hydrogen) atoms. The minimum absolute atomic E-state index is 0.163. The van der Waals surface area contributed by atoms with Gasteiger partial charge in [0.2, 0.25) is 0 Å². The molecule has 0 unspecified atom stereocenters. The summed E-state index contributed by atoms with van der Waals surface area (Å²) in [6.07, 6.45) is 4.62. The fraction of sp³-hybridized carbons (Fsp3) is 0.250. The zero-order chi connectivity index (χ0) is 14.5. The first-order valence-corrected chi connectivity index (χ1v) is 6.49. The molecule has 0 aliphatic carbocycles. The first kappa shape index (κ1) is 14.8. The van der Waals surface area contributed by atoms with Gasteiger partial charge in [0.1, 0.15) is 5.15 Å². The summed E-state index contributed by atoms with van der Waals surface area (Å²) in [5.74, 6) is -0.331. The van der Waals surface area contributed by atoms with Crippen LogP contribution >= 0.6 is 23.2 Å². The van der Waals surface area contributed by atoms with Gasteiger partial charge < -0.3 is 10.1 Å². The molecule has 0 saturated heterocycles. The first-order valence-electron chi connectivity index (χ1n) is 5.74. The van der Waals surface area contributed by atoms with E-state index in [9.17, 15) is 4.79 Å². The lowest BCUT2D eigenvalue weighted by molar-refractivity contribution is 0.102. The Labute approximate surface area is 125 Å². The minimum Gasteiger partial charge on any atom is -0.383 e. The number of carbonyl (C=O) groups excluding carboxylic acids is 1. The van der Waals surface area contributed by atoms with Crippen LogP contribution in [0.15, 0.2) is 24.7 Å². The number of pyridine rings is 1. The van der Waals surface area contributed by atoms with Gasteiger partial charge in [0, 0.05) is 19.5 Å². The molecule has 0 radical (unpaired) electrons. The van der Waals surface area contributed by atoms with Crippen molar-refractivity contribution in [1.82, 2.24) is 14.8 Å². The van der Waals surface area contributed by atoms with Crippen LogP contribution in [0.5, 0.6) is 0 Å². The maximum absolute atomic E-state index is 12.0. The van der Waals surface area contributed by atoms with Crippen molar-refractivity contribution in [1.29, 1.82) is 0 Å². The molecular weight excluding hydrogens is 303 g/mol. The van der Waals surface area contributed by atoms with E-state index in [1.807, 2.05) is 0 Å². The molecule has 2 aromatic rings. The van der Waals surface area contributed by atoms with E-state index < -0.39 is 0 Å². The lowest BCUT2D eigenvalue weighted by atomic mass is 10.2. The molecule has 2 aromatic heterocycles.